The molecule has 0 fully saturated rings. The molecule has 3 rings (SSSR count). The van der Waals surface area contributed by atoms with Gasteiger partial charge in [0.15, 0.2) is 0 Å². The number of nitrogens with two attached hydrogens (primary N) is 2. The molecule has 6 N–H and O–H groups in total. The van der Waals surface area contributed by atoms with Crippen LogP contribution in [0.1, 0.15) is 12.5 Å². The van der Waals surface area contributed by atoms with Gasteiger partial charge in [0.05, 0.1) is 11.6 Å². The van der Waals surface area contributed by atoms with Crippen LogP contribution in [0.15, 0.2) is 77.2 Å². The lowest BCUT2D eigenvalue weighted by Crippen LogP contribution is -2.29. The number of carbonyl (C=O) groups is 1. The second-order valence-corrected chi connectivity index (χ2v) is 8.52. The average Bonchev–Trinajstić information content (AvgIpc) is 2.74. The van der Waals surface area contributed by atoms with Gasteiger partial charge in [0, 0.05) is 5.57 Å². The van der Waals surface area contributed by atoms with Crippen LogP contribution < -0.4 is 20.9 Å². The fraction of sp³-hybridized carbons (Fsp3) is 0.0870. The maximum absolute atomic E-state index is 12.1. The molecule has 0 radical (unpaired) electrons. The summed E-state index contributed by atoms with van der Waals surface area (Å²) in [4.78, 5) is 12.1. The Morgan fingerprint density at radius 2 is 1.75 bits per heavy atom. The molecule has 0 spiro atoms. The van der Waals surface area contributed by atoms with E-state index < -0.39 is 10.0 Å². The van der Waals surface area contributed by atoms with Crippen LogP contribution in [0.3, 0.4) is 0 Å². The summed E-state index contributed by atoms with van der Waals surface area (Å²) >= 11 is 0. The van der Waals surface area contributed by atoms with E-state index in [0.29, 0.717) is 17.1 Å². The van der Waals surface area contributed by atoms with E-state index in [1.54, 1.807) is 49.4 Å². The van der Waals surface area contributed by atoms with Crippen molar-refractivity contribution in [3.63, 3.8) is 0 Å². The number of benzene rings is 3. The highest BCUT2D eigenvalue weighted by molar-refractivity contribution is 7.89. The van der Waals surface area contributed by atoms with E-state index in [1.165, 1.54) is 24.3 Å². The number of sulfonamides is 1. The molecule has 0 aliphatic heterocycles. The van der Waals surface area contributed by atoms with Crippen LogP contribution >= 0.6 is 0 Å². The number of primary sulfonamides is 1. The molecule has 1 amide bonds. The number of aromatic hydroxyl groups is 1. The molecule has 9 heteroatoms. The molecule has 0 aromatic heterocycles. The van der Waals surface area contributed by atoms with Crippen molar-refractivity contribution in [2.75, 3.05) is 6.67 Å². The quantitative estimate of drug-likeness (QED) is 0.320. The van der Waals surface area contributed by atoms with Crippen molar-refractivity contribution >= 4 is 22.0 Å². The Hall–Kier alpha value is -3.66. The van der Waals surface area contributed by atoms with Gasteiger partial charge in [0.1, 0.15) is 17.2 Å². The highest BCUT2D eigenvalue weighted by Gasteiger charge is 2.11. The van der Waals surface area contributed by atoms with Gasteiger partial charge in [0.25, 0.3) is 0 Å². The van der Waals surface area contributed by atoms with Crippen LogP contribution in [0.5, 0.6) is 17.2 Å². The Bertz CT molecular complexity index is 1270. The molecule has 8 nitrogen and oxygen atoms in total. The lowest BCUT2D eigenvalue weighted by atomic mass is 9.97. The van der Waals surface area contributed by atoms with Crippen molar-refractivity contribution in [2.45, 2.75) is 11.8 Å². The van der Waals surface area contributed by atoms with Gasteiger partial charge in [-0.1, -0.05) is 18.2 Å². The number of amides is 1. The monoisotopic (exact) mass is 453 g/mol. The number of hydrogen-bond acceptors (Lipinski definition) is 6. The maximum atomic E-state index is 12.1. The molecule has 0 saturated heterocycles. The highest BCUT2D eigenvalue weighted by atomic mass is 32.2. The third-order valence-corrected chi connectivity index (χ3v) is 5.49. The van der Waals surface area contributed by atoms with E-state index in [4.69, 9.17) is 15.6 Å². The molecule has 0 unspecified atom stereocenters. The van der Waals surface area contributed by atoms with Crippen molar-refractivity contribution in [3.8, 4) is 28.4 Å². The molecule has 0 aliphatic rings. The Morgan fingerprint density at radius 3 is 2.38 bits per heavy atom. The summed E-state index contributed by atoms with van der Waals surface area (Å²) < 4.78 is 28.7. The third kappa shape index (κ3) is 5.73. The predicted octanol–water partition coefficient (Wildman–Crippen LogP) is 2.93. The van der Waals surface area contributed by atoms with E-state index in [9.17, 15) is 18.3 Å². The topological polar surface area (TPSA) is 145 Å². The van der Waals surface area contributed by atoms with Crippen LogP contribution in [0, 0.1) is 0 Å². The minimum atomic E-state index is -3.79. The average molecular weight is 454 g/mol. The number of hydrogen-bond donors (Lipinski definition) is 4. The zero-order chi connectivity index (χ0) is 23.3. The lowest BCUT2D eigenvalue weighted by Gasteiger charge is -2.13. The number of rotatable bonds is 7. The number of phenols is 1. The second kappa shape index (κ2) is 9.65. The van der Waals surface area contributed by atoms with Gasteiger partial charge in [-0.05, 0) is 78.2 Å². The molecule has 166 valence electrons. The summed E-state index contributed by atoms with van der Waals surface area (Å²) in [6, 6.07) is 17.7. The van der Waals surface area contributed by atoms with Gasteiger partial charge in [-0.2, -0.15) is 0 Å². The van der Waals surface area contributed by atoms with E-state index in [1.807, 2.05) is 6.07 Å². The first-order valence-corrected chi connectivity index (χ1v) is 11.1. The smallest absolute Gasteiger partial charge is 0.247 e. The van der Waals surface area contributed by atoms with Crippen LogP contribution in [0.4, 0.5) is 0 Å². The SMILES string of the molecule is C/C(=C\c1ccc(Oc2ccc(S(N)(=O)=O)cc2)cc1-c1cccc(O)c1)C(=O)NCN. The van der Waals surface area contributed by atoms with E-state index >= 15 is 0 Å². The second-order valence-electron chi connectivity index (χ2n) is 6.96. The third-order valence-electron chi connectivity index (χ3n) is 4.56. The molecule has 0 atom stereocenters. The molecule has 0 heterocycles. The van der Waals surface area contributed by atoms with E-state index in [2.05, 4.69) is 5.32 Å². The lowest BCUT2D eigenvalue weighted by molar-refractivity contribution is -0.117. The zero-order valence-electron chi connectivity index (χ0n) is 17.3. The Balaban J connectivity index is 2.00. The number of nitrogens with one attached hydrogen (secondary N) is 1. The van der Waals surface area contributed by atoms with E-state index in [0.717, 1.165) is 16.7 Å². The van der Waals surface area contributed by atoms with Crippen LogP contribution in [0.25, 0.3) is 17.2 Å². The van der Waals surface area contributed by atoms with Crippen molar-refractivity contribution in [1.82, 2.24) is 5.32 Å². The molecule has 0 bridgehead atoms. The molecular formula is C23H23N3O5S. The number of phenolic OH excluding ortho intramolecular Hbond substituents is 1. The van der Waals surface area contributed by atoms with Gasteiger partial charge in [0.2, 0.25) is 15.9 Å². The maximum Gasteiger partial charge on any atom is 0.247 e. The van der Waals surface area contributed by atoms with Crippen LogP contribution in [-0.2, 0) is 14.8 Å². The standard InChI is InChI=1S/C23H23N3O5S/c1-15(23(28)26-14-24)11-17-5-6-20(13-22(17)16-3-2-4-18(27)12-16)31-19-7-9-21(10-8-19)32(25,29)30/h2-13,27H,14,24H2,1H3,(H,26,28)(H2,25,29,30)/b15-11+. The highest BCUT2D eigenvalue weighted by Crippen LogP contribution is 2.33. The summed E-state index contributed by atoms with van der Waals surface area (Å²) in [6.07, 6.45) is 1.72. The van der Waals surface area contributed by atoms with Gasteiger partial charge in [-0.3, -0.25) is 4.79 Å². The summed E-state index contributed by atoms with van der Waals surface area (Å²) in [5.74, 6) is 0.707. The predicted molar refractivity (Wildman–Crippen MR) is 122 cm³/mol. The summed E-state index contributed by atoms with van der Waals surface area (Å²) in [7, 11) is -3.79. The molecule has 3 aromatic carbocycles. The summed E-state index contributed by atoms with van der Waals surface area (Å²) in [5, 5.41) is 17.6. The fourth-order valence-electron chi connectivity index (χ4n) is 3.01. The first-order valence-electron chi connectivity index (χ1n) is 9.58. The first kappa shape index (κ1) is 23.0. The number of ether oxygens (including phenoxy) is 1. The normalized spacial score (nSPS) is 11.8. The van der Waals surface area contributed by atoms with Crippen molar-refractivity contribution in [1.29, 1.82) is 0 Å². The molecule has 0 aliphatic carbocycles. The number of carbonyl (C=O) groups excluding carboxylic acids is 1. The molecule has 32 heavy (non-hydrogen) atoms. The Labute approximate surface area is 186 Å². The van der Waals surface area contributed by atoms with Crippen molar-refractivity contribution in [3.05, 3.63) is 77.9 Å². The van der Waals surface area contributed by atoms with Crippen LogP contribution in [-0.4, -0.2) is 26.1 Å². The summed E-state index contributed by atoms with van der Waals surface area (Å²) in [6.45, 7) is 1.70. The van der Waals surface area contributed by atoms with Gasteiger partial charge < -0.3 is 20.9 Å². The van der Waals surface area contributed by atoms with Gasteiger partial charge >= 0.3 is 0 Å². The largest absolute Gasteiger partial charge is 0.508 e. The van der Waals surface area contributed by atoms with Crippen molar-refractivity contribution in [2.24, 2.45) is 10.9 Å². The molecule has 3 aromatic rings. The Morgan fingerprint density at radius 1 is 1.06 bits per heavy atom. The molecule has 0 saturated carbocycles. The Kier molecular flexibility index (Phi) is 6.94. The van der Waals surface area contributed by atoms with E-state index in [-0.39, 0.29) is 23.2 Å². The van der Waals surface area contributed by atoms with Crippen LogP contribution in [0.2, 0.25) is 0 Å². The van der Waals surface area contributed by atoms with Crippen molar-refractivity contribution < 1.29 is 23.1 Å². The summed E-state index contributed by atoms with van der Waals surface area (Å²) in [5.41, 5.74) is 8.02. The fourth-order valence-corrected chi connectivity index (χ4v) is 3.53. The first-order chi connectivity index (χ1) is 15.2. The minimum Gasteiger partial charge on any atom is -0.508 e. The van der Waals surface area contributed by atoms with Gasteiger partial charge in [-0.25, -0.2) is 13.6 Å². The minimum absolute atomic E-state index is 0.0167. The molecular weight excluding hydrogens is 430 g/mol. The van der Waals surface area contributed by atoms with Gasteiger partial charge in [-0.15, -0.1) is 0 Å². The zero-order valence-corrected chi connectivity index (χ0v) is 18.1.